The zero-order valence-corrected chi connectivity index (χ0v) is 21.9. The Balaban J connectivity index is 1.36. The second-order valence-electron chi connectivity index (χ2n) is 10.1. The van der Waals surface area contributed by atoms with E-state index in [0.717, 1.165) is 12.1 Å². The number of ether oxygens (including phenoxy) is 4. The molecule has 5 rings (SSSR count). The molecule has 9 N–H and O–H groups in total. The highest BCUT2D eigenvalue weighted by Gasteiger charge is 2.47. The van der Waals surface area contributed by atoms with E-state index in [1.165, 1.54) is 31.2 Å². The molecule has 0 spiro atoms. The molecule has 2 aliphatic rings. The number of aliphatic hydroxyl groups is 6. The standard InChI is InChI=1S/C27H30O15/c1-9-20(32)22(34)24(36)26(39-9)38-8-18-21(33)23(35)25(37)27(42-18)40-11-5-14(30)19-15(31)7-16(41-17(19)6-11)10-2-3-12(28)13(29)4-10/h2-7,9,18,20-30,32-37H,8H2,1H3/t9-,18-,20-,21-,22-,23-,24+,25-,26+,27-/m0/s1. The van der Waals surface area contributed by atoms with E-state index in [-0.39, 0.29) is 33.8 Å². The summed E-state index contributed by atoms with van der Waals surface area (Å²) < 4.78 is 27.8. The second kappa shape index (κ2) is 11.6. The lowest BCUT2D eigenvalue weighted by atomic mass is 9.98. The van der Waals surface area contributed by atoms with Gasteiger partial charge in [-0.3, -0.25) is 4.79 Å². The highest BCUT2D eigenvalue weighted by molar-refractivity contribution is 5.86. The lowest BCUT2D eigenvalue weighted by Crippen LogP contribution is -2.61. The maximum absolute atomic E-state index is 12.7. The van der Waals surface area contributed by atoms with Crippen molar-refractivity contribution in [1.29, 1.82) is 0 Å². The molecule has 10 atom stereocenters. The van der Waals surface area contributed by atoms with E-state index in [1.54, 1.807) is 0 Å². The number of rotatable bonds is 6. The van der Waals surface area contributed by atoms with E-state index in [2.05, 4.69) is 0 Å². The minimum Gasteiger partial charge on any atom is -0.507 e. The predicted octanol–water partition coefficient (Wildman–Crippen LogP) is -1.39. The van der Waals surface area contributed by atoms with Gasteiger partial charge in [0.1, 0.15) is 71.0 Å². The summed E-state index contributed by atoms with van der Waals surface area (Å²) in [5.41, 5.74) is -0.541. The van der Waals surface area contributed by atoms with Gasteiger partial charge in [0.25, 0.3) is 0 Å². The number of aliphatic hydroxyl groups excluding tert-OH is 6. The van der Waals surface area contributed by atoms with Crippen LogP contribution in [0.4, 0.5) is 0 Å². The molecule has 15 heteroatoms. The molecule has 0 unspecified atom stereocenters. The Morgan fingerprint density at radius 2 is 1.43 bits per heavy atom. The van der Waals surface area contributed by atoms with Crippen LogP contribution in [0.15, 0.2) is 45.6 Å². The van der Waals surface area contributed by atoms with Crippen molar-refractivity contribution >= 4 is 11.0 Å². The topological polar surface area (TPSA) is 249 Å². The predicted molar refractivity (Wildman–Crippen MR) is 139 cm³/mol. The third-order valence-electron chi connectivity index (χ3n) is 7.20. The van der Waals surface area contributed by atoms with Gasteiger partial charge in [-0.05, 0) is 25.1 Å². The van der Waals surface area contributed by atoms with Crippen molar-refractivity contribution < 1.29 is 69.3 Å². The molecule has 0 radical (unpaired) electrons. The van der Waals surface area contributed by atoms with Gasteiger partial charge >= 0.3 is 0 Å². The average molecular weight is 595 g/mol. The molecule has 0 amide bonds. The number of phenolic OH excluding ortho intramolecular Hbond substituents is 3. The minimum atomic E-state index is -1.79. The first-order valence-corrected chi connectivity index (χ1v) is 12.9. The number of hydrogen-bond acceptors (Lipinski definition) is 15. The van der Waals surface area contributed by atoms with Gasteiger partial charge in [0, 0.05) is 23.8 Å². The Hall–Kier alpha value is -3.51. The fourth-order valence-corrected chi connectivity index (χ4v) is 4.76. The summed E-state index contributed by atoms with van der Waals surface area (Å²) in [6.45, 7) is 0.938. The van der Waals surface area contributed by atoms with E-state index in [9.17, 15) is 50.8 Å². The lowest BCUT2D eigenvalue weighted by molar-refractivity contribution is -0.318. The van der Waals surface area contributed by atoms with Crippen LogP contribution in [0.2, 0.25) is 0 Å². The summed E-state index contributed by atoms with van der Waals surface area (Å²) in [5.74, 6) is -1.56. The van der Waals surface area contributed by atoms with Gasteiger partial charge in [-0.2, -0.15) is 0 Å². The van der Waals surface area contributed by atoms with Gasteiger partial charge in [-0.25, -0.2) is 0 Å². The van der Waals surface area contributed by atoms with Crippen molar-refractivity contribution in [2.45, 2.75) is 68.3 Å². The zero-order chi connectivity index (χ0) is 30.5. The molecular formula is C27H30O15. The third-order valence-corrected chi connectivity index (χ3v) is 7.20. The summed E-state index contributed by atoms with van der Waals surface area (Å²) in [6.07, 6.45) is -15.1. The highest BCUT2D eigenvalue weighted by Crippen LogP contribution is 2.35. The maximum Gasteiger partial charge on any atom is 0.229 e. The molecule has 2 fully saturated rings. The monoisotopic (exact) mass is 594 g/mol. The summed E-state index contributed by atoms with van der Waals surface area (Å²) in [7, 11) is 0. The molecule has 228 valence electrons. The van der Waals surface area contributed by atoms with Crippen molar-refractivity contribution in [2.24, 2.45) is 0 Å². The van der Waals surface area contributed by atoms with Crippen LogP contribution in [0.1, 0.15) is 6.92 Å². The molecule has 2 aliphatic heterocycles. The molecule has 42 heavy (non-hydrogen) atoms. The fourth-order valence-electron chi connectivity index (χ4n) is 4.76. The SMILES string of the molecule is C[C@@H]1O[C@@H](OC[C@@H]2O[C@H](Oc3cc(O)c4c(=O)cc(-c5ccc(O)c(O)c5)oc4c3)[C@@H](O)[C@@H](O)[C@H]2O)[C@H](O)[C@@H](O)[C@H]1O. The Morgan fingerprint density at radius 1 is 0.738 bits per heavy atom. The van der Waals surface area contributed by atoms with Gasteiger partial charge < -0.3 is 69.3 Å². The first-order chi connectivity index (χ1) is 19.8. The van der Waals surface area contributed by atoms with Crippen LogP contribution in [-0.2, 0) is 14.2 Å². The van der Waals surface area contributed by atoms with Gasteiger partial charge in [0.15, 0.2) is 23.2 Å². The molecule has 0 aliphatic carbocycles. The van der Waals surface area contributed by atoms with Crippen LogP contribution in [0.5, 0.6) is 23.0 Å². The normalized spacial score (nSPS) is 33.5. The molecule has 2 saturated heterocycles. The van der Waals surface area contributed by atoms with Crippen molar-refractivity contribution in [2.75, 3.05) is 6.61 Å². The summed E-state index contributed by atoms with van der Waals surface area (Å²) in [5, 5.41) is 91.0. The molecule has 2 aromatic carbocycles. The van der Waals surface area contributed by atoms with Crippen LogP contribution in [0.25, 0.3) is 22.3 Å². The highest BCUT2D eigenvalue weighted by atomic mass is 16.7. The molecule has 0 saturated carbocycles. The fraction of sp³-hybridized carbons (Fsp3) is 0.444. The Bertz CT molecular complexity index is 1490. The molecule has 15 nitrogen and oxygen atoms in total. The summed E-state index contributed by atoms with van der Waals surface area (Å²) in [6, 6.07) is 7.09. The molecule has 3 heterocycles. The van der Waals surface area contributed by atoms with Crippen LogP contribution in [0.3, 0.4) is 0 Å². The molecule has 0 bridgehead atoms. The van der Waals surface area contributed by atoms with E-state index in [0.29, 0.717) is 0 Å². The van der Waals surface area contributed by atoms with E-state index in [4.69, 9.17) is 23.4 Å². The van der Waals surface area contributed by atoms with E-state index < -0.39 is 84.9 Å². The minimum absolute atomic E-state index is 0.0110. The van der Waals surface area contributed by atoms with E-state index >= 15 is 0 Å². The van der Waals surface area contributed by atoms with Gasteiger partial charge in [-0.15, -0.1) is 0 Å². The smallest absolute Gasteiger partial charge is 0.229 e. The van der Waals surface area contributed by atoms with Crippen LogP contribution < -0.4 is 10.2 Å². The number of fused-ring (bicyclic) bond motifs is 1. The van der Waals surface area contributed by atoms with Crippen molar-refractivity contribution in [1.82, 2.24) is 0 Å². The van der Waals surface area contributed by atoms with E-state index in [1.807, 2.05) is 0 Å². The summed E-state index contributed by atoms with van der Waals surface area (Å²) >= 11 is 0. The molecule has 3 aromatic rings. The van der Waals surface area contributed by atoms with Crippen LogP contribution >= 0.6 is 0 Å². The number of aromatic hydroxyl groups is 3. The number of hydrogen-bond donors (Lipinski definition) is 9. The van der Waals surface area contributed by atoms with Crippen molar-refractivity contribution in [3.8, 4) is 34.3 Å². The Kier molecular flexibility index (Phi) is 8.30. The lowest BCUT2D eigenvalue weighted by Gasteiger charge is -2.42. The molecular weight excluding hydrogens is 564 g/mol. The quantitative estimate of drug-likeness (QED) is 0.149. The van der Waals surface area contributed by atoms with Gasteiger partial charge in [0.05, 0.1) is 12.7 Å². The third kappa shape index (κ3) is 5.61. The Labute approximate surface area is 236 Å². The zero-order valence-electron chi connectivity index (χ0n) is 21.9. The second-order valence-corrected chi connectivity index (χ2v) is 10.1. The first-order valence-electron chi connectivity index (χ1n) is 12.9. The number of phenols is 3. The number of benzene rings is 2. The summed E-state index contributed by atoms with van der Waals surface area (Å²) in [4.78, 5) is 12.7. The van der Waals surface area contributed by atoms with Gasteiger partial charge in [-0.1, -0.05) is 0 Å². The Morgan fingerprint density at radius 3 is 2.14 bits per heavy atom. The van der Waals surface area contributed by atoms with Crippen LogP contribution in [0, 0.1) is 0 Å². The average Bonchev–Trinajstić information content (AvgIpc) is 2.95. The van der Waals surface area contributed by atoms with Gasteiger partial charge in [0.2, 0.25) is 6.29 Å². The van der Waals surface area contributed by atoms with Crippen LogP contribution in [-0.4, -0.2) is 114 Å². The van der Waals surface area contributed by atoms with Crippen molar-refractivity contribution in [3.63, 3.8) is 0 Å². The first kappa shape index (κ1) is 30.0. The largest absolute Gasteiger partial charge is 0.507 e. The maximum atomic E-state index is 12.7. The van der Waals surface area contributed by atoms with Crippen molar-refractivity contribution in [3.05, 3.63) is 46.6 Å². The molecule has 1 aromatic heterocycles.